The zero-order chi connectivity index (χ0) is 26.5. The highest BCUT2D eigenvalue weighted by atomic mass is 35.5. The lowest BCUT2D eigenvalue weighted by Gasteiger charge is -2.10. The molecule has 4 N–H and O–H groups in total. The van der Waals surface area contributed by atoms with Crippen molar-refractivity contribution in [1.82, 2.24) is 4.98 Å². The van der Waals surface area contributed by atoms with Crippen LogP contribution in [-0.2, 0) is 6.42 Å². The second-order valence-corrected chi connectivity index (χ2v) is 8.37. The summed E-state index contributed by atoms with van der Waals surface area (Å²) in [6.07, 6.45) is -4.22. The lowest BCUT2D eigenvalue weighted by molar-refractivity contribution is -0.130. The number of phenols is 1. The molecule has 0 radical (unpaired) electrons. The molecule has 13 heteroatoms. The maximum Gasteiger partial charge on any atom is 0.388 e. The summed E-state index contributed by atoms with van der Waals surface area (Å²) in [5.74, 6) is -3.89. The van der Waals surface area contributed by atoms with Gasteiger partial charge in [0.2, 0.25) is 0 Å². The highest BCUT2D eigenvalue weighted by Crippen LogP contribution is 2.35. The Morgan fingerprint density at radius 1 is 1.17 bits per heavy atom. The van der Waals surface area contributed by atoms with Gasteiger partial charge in [0.05, 0.1) is 16.3 Å². The molecule has 0 atom stereocenters. The molecule has 0 aliphatic heterocycles. The molecule has 1 aromatic heterocycles. The number of benzene rings is 2. The average molecular weight is 536 g/mol. The Morgan fingerprint density at radius 2 is 1.80 bits per heavy atom. The number of primary amides is 1. The minimum atomic E-state index is -3.96. The third kappa shape index (κ3) is 7.12. The minimum Gasteiger partial charge on any atom is -0.507 e. The SMILES string of the molecule is CCC(F)(F)F.CCc1sc(-c2cc(O)c(C(=O)Nc3c(F)cccc3Cl)cc2F)nc1C(N)=O. The summed E-state index contributed by atoms with van der Waals surface area (Å²) in [4.78, 5) is 28.5. The van der Waals surface area contributed by atoms with Crippen molar-refractivity contribution in [2.75, 3.05) is 5.32 Å². The fourth-order valence-corrected chi connectivity index (χ4v) is 3.84. The number of nitrogens with two attached hydrogens (primary N) is 1. The molecule has 0 bridgehead atoms. The molecule has 35 heavy (non-hydrogen) atoms. The normalized spacial score (nSPS) is 11.0. The molecule has 3 aromatic rings. The second-order valence-electron chi connectivity index (χ2n) is 6.88. The topological polar surface area (TPSA) is 105 Å². The molecule has 1 heterocycles. The molecule has 0 saturated carbocycles. The Kier molecular flexibility index (Phi) is 9.16. The van der Waals surface area contributed by atoms with E-state index in [1.807, 2.05) is 0 Å². The van der Waals surface area contributed by atoms with E-state index in [4.69, 9.17) is 17.3 Å². The van der Waals surface area contributed by atoms with Crippen molar-refractivity contribution in [2.45, 2.75) is 32.9 Å². The van der Waals surface area contributed by atoms with E-state index >= 15 is 0 Å². The highest BCUT2D eigenvalue weighted by molar-refractivity contribution is 7.15. The largest absolute Gasteiger partial charge is 0.507 e. The van der Waals surface area contributed by atoms with Crippen molar-refractivity contribution in [3.8, 4) is 16.3 Å². The van der Waals surface area contributed by atoms with Gasteiger partial charge in [-0.15, -0.1) is 11.3 Å². The zero-order valence-electron chi connectivity index (χ0n) is 18.3. The van der Waals surface area contributed by atoms with Gasteiger partial charge in [-0.1, -0.05) is 31.5 Å². The predicted octanol–water partition coefficient (Wildman–Crippen LogP) is 6.32. The summed E-state index contributed by atoms with van der Waals surface area (Å²) in [6.45, 7) is 2.87. The van der Waals surface area contributed by atoms with Crippen molar-refractivity contribution < 1.29 is 36.6 Å². The molecule has 0 aliphatic rings. The van der Waals surface area contributed by atoms with Gasteiger partial charge >= 0.3 is 6.18 Å². The summed E-state index contributed by atoms with van der Waals surface area (Å²) in [5.41, 5.74) is 4.49. The molecular weight excluding hydrogens is 517 g/mol. The van der Waals surface area contributed by atoms with Crippen LogP contribution in [0.1, 0.15) is 46.0 Å². The quantitative estimate of drug-likeness (QED) is 0.332. The number of nitrogens with zero attached hydrogens (tertiary/aromatic N) is 1. The van der Waals surface area contributed by atoms with Crippen LogP contribution < -0.4 is 11.1 Å². The van der Waals surface area contributed by atoms with Gasteiger partial charge in [0.25, 0.3) is 11.8 Å². The van der Waals surface area contributed by atoms with E-state index in [0.717, 1.165) is 36.5 Å². The molecular formula is C22H19ClF5N3O3S. The molecule has 2 aromatic carbocycles. The number of anilines is 1. The molecule has 6 nitrogen and oxygen atoms in total. The Bertz CT molecular complexity index is 1230. The zero-order valence-corrected chi connectivity index (χ0v) is 19.8. The van der Waals surface area contributed by atoms with E-state index in [-0.39, 0.29) is 27.0 Å². The Labute approximate surface area is 205 Å². The van der Waals surface area contributed by atoms with Crippen molar-refractivity contribution in [1.29, 1.82) is 0 Å². The van der Waals surface area contributed by atoms with Gasteiger partial charge in [0, 0.05) is 16.9 Å². The fourth-order valence-electron chi connectivity index (χ4n) is 2.60. The first-order valence-corrected chi connectivity index (χ1v) is 11.1. The molecule has 0 spiro atoms. The van der Waals surface area contributed by atoms with Crippen LogP contribution in [-0.4, -0.2) is 28.1 Å². The van der Waals surface area contributed by atoms with Crippen molar-refractivity contribution in [2.24, 2.45) is 5.73 Å². The summed E-state index contributed by atoms with van der Waals surface area (Å²) in [5, 5.41) is 12.5. The van der Waals surface area contributed by atoms with E-state index < -0.39 is 47.4 Å². The van der Waals surface area contributed by atoms with E-state index in [0.29, 0.717) is 11.3 Å². The van der Waals surface area contributed by atoms with Crippen LogP contribution >= 0.6 is 22.9 Å². The summed E-state index contributed by atoms with van der Waals surface area (Å²) in [7, 11) is 0. The minimum absolute atomic E-state index is 0.0300. The maximum absolute atomic E-state index is 14.7. The van der Waals surface area contributed by atoms with E-state index in [1.54, 1.807) is 6.92 Å². The van der Waals surface area contributed by atoms with Gasteiger partial charge in [-0.2, -0.15) is 13.2 Å². The first kappa shape index (κ1) is 28.0. The van der Waals surface area contributed by atoms with Crippen LogP contribution in [0, 0.1) is 11.6 Å². The van der Waals surface area contributed by atoms with Crippen molar-refractivity contribution in [3.05, 3.63) is 63.1 Å². The van der Waals surface area contributed by atoms with Crippen LogP contribution in [0.25, 0.3) is 10.6 Å². The summed E-state index contributed by atoms with van der Waals surface area (Å²) in [6, 6.07) is 5.63. The predicted molar refractivity (Wildman–Crippen MR) is 123 cm³/mol. The Hall–Kier alpha value is -3.25. The monoisotopic (exact) mass is 535 g/mol. The first-order chi connectivity index (χ1) is 16.3. The number of halogens is 6. The van der Waals surface area contributed by atoms with E-state index in [1.165, 1.54) is 12.1 Å². The number of para-hydroxylation sites is 1. The van der Waals surface area contributed by atoms with Crippen LogP contribution in [0.2, 0.25) is 5.02 Å². The van der Waals surface area contributed by atoms with E-state index in [2.05, 4.69) is 10.3 Å². The first-order valence-electron chi connectivity index (χ1n) is 9.93. The van der Waals surface area contributed by atoms with Crippen molar-refractivity contribution >= 4 is 40.4 Å². The number of carbonyl (C=O) groups excluding carboxylic acids is 2. The Balaban J connectivity index is 0.000000641. The van der Waals surface area contributed by atoms with Crippen LogP contribution in [0.3, 0.4) is 0 Å². The standard InChI is InChI=1S/C19H14ClF2N3O3S.C3H5F3/c1-2-14-16(17(23)27)25-19(29-14)8-7-13(26)9(6-12(8)22)18(28)24-15-10(20)4-3-5-11(15)21;1-2-3(4,5)6/h3-7,26H,2H2,1H3,(H2,23,27)(H,24,28);2H2,1H3. The molecule has 2 amide bonds. The lowest BCUT2D eigenvalue weighted by atomic mass is 10.1. The van der Waals surface area contributed by atoms with Gasteiger partial charge in [0.1, 0.15) is 28.1 Å². The summed E-state index contributed by atoms with van der Waals surface area (Å²) < 4.78 is 60.9. The fraction of sp³-hybridized carbons (Fsp3) is 0.227. The van der Waals surface area contributed by atoms with Crippen LogP contribution in [0.5, 0.6) is 5.75 Å². The van der Waals surface area contributed by atoms with Crippen LogP contribution in [0.4, 0.5) is 27.6 Å². The van der Waals surface area contributed by atoms with Gasteiger partial charge in [-0.05, 0) is 30.7 Å². The number of nitrogens with one attached hydrogen (secondary N) is 1. The number of aromatic hydroxyl groups is 1. The maximum atomic E-state index is 14.7. The van der Waals surface area contributed by atoms with Crippen molar-refractivity contribution in [3.63, 3.8) is 0 Å². The molecule has 0 aliphatic carbocycles. The Morgan fingerprint density at radius 3 is 2.29 bits per heavy atom. The van der Waals surface area contributed by atoms with Gasteiger partial charge in [0.15, 0.2) is 0 Å². The number of thiazole rings is 1. The third-order valence-corrected chi connectivity index (χ3v) is 5.96. The number of alkyl halides is 3. The number of rotatable bonds is 5. The second kappa shape index (κ2) is 11.5. The number of phenolic OH excluding ortho intramolecular Hbond substituents is 1. The molecule has 188 valence electrons. The summed E-state index contributed by atoms with van der Waals surface area (Å²) >= 11 is 6.91. The number of hydrogen-bond acceptors (Lipinski definition) is 5. The van der Waals surface area contributed by atoms with Gasteiger partial charge < -0.3 is 16.2 Å². The molecule has 0 saturated heterocycles. The lowest BCUT2D eigenvalue weighted by Crippen LogP contribution is -2.14. The average Bonchev–Trinajstić information content (AvgIpc) is 3.22. The number of carbonyl (C=O) groups is 2. The molecule has 0 unspecified atom stereocenters. The number of amides is 2. The molecule has 3 rings (SSSR count). The van der Waals surface area contributed by atoms with E-state index in [9.17, 15) is 36.6 Å². The van der Waals surface area contributed by atoms with Gasteiger partial charge in [-0.25, -0.2) is 13.8 Å². The number of aryl methyl sites for hydroxylation is 1. The third-order valence-electron chi connectivity index (χ3n) is 4.41. The van der Waals surface area contributed by atoms with Crippen LogP contribution in [0.15, 0.2) is 30.3 Å². The molecule has 0 fully saturated rings. The smallest absolute Gasteiger partial charge is 0.388 e. The van der Waals surface area contributed by atoms with Gasteiger partial charge in [-0.3, -0.25) is 9.59 Å². The highest BCUT2D eigenvalue weighted by Gasteiger charge is 2.23. The number of hydrogen-bond donors (Lipinski definition) is 3. The number of aromatic nitrogens is 1.